The lowest BCUT2D eigenvalue weighted by atomic mass is 10.2. The van der Waals surface area contributed by atoms with Crippen LogP contribution in [0.4, 0.5) is 5.13 Å². The van der Waals surface area contributed by atoms with Gasteiger partial charge >= 0.3 is 0 Å². The van der Waals surface area contributed by atoms with Crippen LogP contribution in [0.3, 0.4) is 0 Å². The number of aromatic nitrogens is 1. The summed E-state index contributed by atoms with van der Waals surface area (Å²) in [5.74, 6) is 0.176. The molecule has 2 aromatic rings. The van der Waals surface area contributed by atoms with Crippen molar-refractivity contribution in [1.82, 2.24) is 9.29 Å². The number of nitrogens with zero attached hydrogens (tertiary/aromatic N) is 2. The number of amides is 1. The van der Waals surface area contributed by atoms with Gasteiger partial charge in [-0.2, -0.15) is 4.31 Å². The number of carbonyl (C=O) groups excluding carboxylic acids is 1. The Hall–Kier alpha value is -1.77. The summed E-state index contributed by atoms with van der Waals surface area (Å²) in [6.07, 6.45) is 3.75. The first kappa shape index (κ1) is 20.0. The molecule has 2 heterocycles. The standard InChI is InChI=1S/C17H19N3O3S2.C2H6.H2/c21-16(13-3-4-13)19-17-18-15(11-24-17)12-5-7-14(8-6-12)25(22,23)20-9-1-2-10-20;1-2;/h5-8,11,13H,1-4,9-10H2,(H,18,19,21);1-2H3;1H. The number of hydrogen-bond donors (Lipinski definition) is 1. The quantitative estimate of drug-likeness (QED) is 0.802. The second kappa shape index (κ2) is 8.50. The second-order valence-corrected chi connectivity index (χ2v) is 9.23. The van der Waals surface area contributed by atoms with Crippen molar-refractivity contribution in [3.05, 3.63) is 29.6 Å². The van der Waals surface area contributed by atoms with Crippen molar-refractivity contribution >= 4 is 32.4 Å². The highest BCUT2D eigenvalue weighted by Gasteiger charge is 2.30. The Morgan fingerprint density at radius 3 is 2.41 bits per heavy atom. The molecule has 0 radical (unpaired) electrons. The highest BCUT2D eigenvalue weighted by molar-refractivity contribution is 7.89. The highest BCUT2D eigenvalue weighted by atomic mass is 32.2. The van der Waals surface area contributed by atoms with Gasteiger partial charge in [-0.25, -0.2) is 13.4 Å². The Morgan fingerprint density at radius 2 is 1.81 bits per heavy atom. The first-order valence-corrected chi connectivity index (χ1v) is 11.7. The molecule has 0 bridgehead atoms. The molecule has 0 atom stereocenters. The molecule has 1 saturated heterocycles. The maximum Gasteiger partial charge on any atom is 0.243 e. The maximum absolute atomic E-state index is 12.5. The van der Waals surface area contributed by atoms with Gasteiger partial charge in [0.15, 0.2) is 5.13 Å². The zero-order valence-electron chi connectivity index (χ0n) is 15.6. The lowest BCUT2D eigenvalue weighted by molar-refractivity contribution is -0.117. The molecule has 8 heteroatoms. The summed E-state index contributed by atoms with van der Waals surface area (Å²) in [5, 5.41) is 5.28. The molecule has 6 nitrogen and oxygen atoms in total. The van der Waals surface area contributed by atoms with Crippen LogP contribution >= 0.6 is 11.3 Å². The van der Waals surface area contributed by atoms with Crippen LogP contribution in [0.25, 0.3) is 11.3 Å². The minimum Gasteiger partial charge on any atom is -0.302 e. The van der Waals surface area contributed by atoms with E-state index in [9.17, 15) is 13.2 Å². The lowest BCUT2D eigenvalue weighted by Gasteiger charge is -2.15. The summed E-state index contributed by atoms with van der Waals surface area (Å²) in [7, 11) is -3.39. The van der Waals surface area contributed by atoms with Crippen LogP contribution in [0.15, 0.2) is 34.5 Å². The first-order chi connectivity index (χ1) is 13.0. The van der Waals surface area contributed by atoms with Gasteiger partial charge in [0.05, 0.1) is 10.6 Å². The third-order valence-electron chi connectivity index (χ3n) is 4.54. The maximum atomic E-state index is 12.5. The summed E-state index contributed by atoms with van der Waals surface area (Å²) in [6, 6.07) is 6.80. The summed E-state index contributed by atoms with van der Waals surface area (Å²) >= 11 is 1.38. The van der Waals surface area contributed by atoms with Crippen molar-refractivity contribution in [2.45, 2.75) is 44.4 Å². The van der Waals surface area contributed by atoms with E-state index in [0.29, 0.717) is 23.1 Å². The molecule has 1 amide bonds. The Balaban J connectivity index is 0.000000906. The average molecular weight is 410 g/mol. The van der Waals surface area contributed by atoms with Crippen molar-refractivity contribution in [1.29, 1.82) is 0 Å². The molecule has 2 aliphatic rings. The minimum absolute atomic E-state index is 0. The van der Waals surface area contributed by atoms with Crippen molar-refractivity contribution in [2.75, 3.05) is 18.4 Å². The summed E-state index contributed by atoms with van der Waals surface area (Å²) < 4.78 is 26.6. The highest BCUT2D eigenvalue weighted by Crippen LogP contribution is 2.32. The Morgan fingerprint density at radius 1 is 1.19 bits per heavy atom. The Kier molecular flexibility index (Phi) is 6.29. The van der Waals surface area contributed by atoms with E-state index in [4.69, 9.17) is 0 Å². The number of anilines is 1. The number of rotatable bonds is 5. The number of thiazole rings is 1. The molecule has 1 aromatic carbocycles. The second-order valence-electron chi connectivity index (χ2n) is 6.44. The summed E-state index contributed by atoms with van der Waals surface area (Å²) in [4.78, 5) is 16.5. The van der Waals surface area contributed by atoms with Gasteiger partial charge in [-0.1, -0.05) is 26.0 Å². The fourth-order valence-electron chi connectivity index (χ4n) is 2.89. The largest absolute Gasteiger partial charge is 0.302 e. The van der Waals surface area contributed by atoms with Crippen LogP contribution in [0.1, 0.15) is 41.0 Å². The van der Waals surface area contributed by atoms with E-state index in [-0.39, 0.29) is 13.3 Å². The van der Waals surface area contributed by atoms with E-state index in [0.717, 1.165) is 36.9 Å². The molecule has 1 aromatic heterocycles. The Labute approximate surface area is 166 Å². The average Bonchev–Trinajstić information content (AvgIpc) is 3.19. The molecule has 4 rings (SSSR count). The van der Waals surface area contributed by atoms with E-state index in [1.54, 1.807) is 24.3 Å². The number of carbonyl (C=O) groups is 1. The van der Waals surface area contributed by atoms with Crippen LogP contribution in [0.2, 0.25) is 0 Å². The normalized spacial score (nSPS) is 17.3. The minimum atomic E-state index is -3.39. The predicted molar refractivity (Wildman–Crippen MR) is 110 cm³/mol. The number of sulfonamides is 1. The van der Waals surface area contributed by atoms with Gasteiger partial charge in [-0.05, 0) is 37.8 Å². The van der Waals surface area contributed by atoms with Crippen LogP contribution in [-0.4, -0.2) is 36.7 Å². The molecule has 2 fully saturated rings. The zero-order valence-corrected chi connectivity index (χ0v) is 17.3. The summed E-state index contributed by atoms with van der Waals surface area (Å²) in [5.41, 5.74) is 1.57. The SMILES string of the molecule is CC.O=C(Nc1nc(-c2ccc(S(=O)(=O)N3CCCC3)cc2)cs1)C1CC1.[HH]. The third-order valence-corrected chi connectivity index (χ3v) is 7.21. The zero-order chi connectivity index (χ0) is 19.4. The molecule has 1 aliphatic carbocycles. The fourth-order valence-corrected chi connectivity index (χ4v) is 5.13. The van der Waals surface area contributed by atoms with Crippen LogP contribution in [0, 0.1) is 5.92 Å². The van der Waals surface area contributed by atoms with Crippen molar-refractivity contribution in [3.63, 3.8) is 0 Å². The predicted octanol–water partition coefficient (Wildman–Crippen LogP) is 4.22. The first-order valence-electron chi connectivity index (χ1n) is 9.41. The third kappa shape index (κ3) is 4.56. The van der Waals surface area contributed by atoms with Gasteiger partial charge in [-0.15, -0.1) is 11.3 Å². The van der Waals surface area contributed by atoms with Crippen LogP contribution < -0.4 is 5.32 Å². The molecule has 1 saturated carbocycles. The molecule has 0 spiro atoms. The number of benzene rings is 1. The molecular formula is C19H27N3O3S2. The Bertz CT molecular complexity index is 887. The lowest BCUT2D eigenvalue weighted by Crippen LogP contribution is -2.27. The van der Waals surface area contributed by atoms with Gasteiger partial charge in [0.2, 0.25) is 15.9 Å². The smallest absolute Gasteiger partial charge is 0.243 e. The van der Waals surface area contributed by atoms with Crippen molar-refractivity contribution in [3.8, 4) is 11.3 Å². The molecule has 148 valence electrons. The van der Waals surface area contributed by atoms with Gasteiger partial charge in [0, 0.05) is 31.4 Å². The topological polar surface area (TPSA) is 79.4 Å². The monoisotopic (exact) mass is 409 g/mol. The van der Waals surface area contributed by atoms with E-state index >= 15 is 0 Å². The molecule has 27 heavy (non-hydrogen) atoms. The van der Waals surface area contributed by atoms with Gasteiger partial charge in [0.1, 0.15) is 0 Å². The molecular weight excluding hydrogens is 382 g/mol. The van der Waals surface area contributed by atoms with E-state index < -0.39 is 10.0 Å². The van der Waals surface area contributed by atoms with Crippen molar-refractivity contribution in [2.24, 2.45) is 5.92 Å². The number of nitrogens with one attached hydrogen (secondary N) is 1. The van der Waals surface area contributed by atoms with Gasteiger partial charge < -0.3 is 5.32 Å². The van der Waals surface area contributed by atoms with Gasteiger partial charge in [0.25, 0.3) is 0 Å². The van der Waals surface area contributed by atoms with E-state index in [1.807, 2.05) is 19.2 Å². The summed E-state index contributed by atoms with van der Waals surface area (Å²) in [6.45, 7) is 5.19. The van der Waals surface area contributed by atoms with Crippen LogP contribution in [-0.2, 0) is 14.8 Å². The van der Waals surface area contributed by atoms with E-state index in [2.05, 4.69) is 10.3 Å². The van der Waals surface area contributed by atoms with Crippen LogP contribution in [0.5, 0.6) is 0 Å². The number of hydrogen-bond acceptors (Lipinski definition) is 5. The fraction of sp³-hybridized carbons (Fsp3) is 0.474. The van der Waals surface area contributed by atoms with Gasteiger partial charge in [-0.3, -0.25) is 4.79 Å². The van der Waals surface area contributed by atoms with Crippen molar-refractivity contribution < 1.29 is 14.6 Å². The van der Waals surface area contributed by atoms with E-state index in [1.165, 1.54) is 15.6 Å². The molecule has 0 unspecified atom stereocenters. The molecule has 1 aliphatic heterocycles. The molecule has 1 N–H and O–H groups in total.